The van der Waals surface area contributed by atoms with Crippen LogP contribution in [0, 0.1) is 5.92 Å². The molecule has 0 aromatic heterocycles. The molecule has 4 N–H and O–H groups in total. The fraction of sp³-hybridized carbons (Fsp3) is 0.824. The van der Waals surface area contributed by atoms with Crippen LogP contribution in [0.4, 0.5) is 4.79 Å². The number of ether oxygens (including phenoxy) is 1. The number of carbonyl (C=O) groups excluding carboxylic acids is 2. The molecular formula is C17H34IN5O3. The van der Waals surface area contributed by atoms with Crippen LogP contribution in [0.5, 0.6) is 0 Å². The summed E-state index contributed by atoms with van der Waals surface area (Å²) in [6.45, 7) is 10.8. The fourth-order valence-corrected chi connectivity index (χ4v) is 2.77. The molecule has 1 heterocycles. The summed E-state index contributed by atoms with van der Waals surface area (Å²) < 4.78 is 5.19. The van der Waals surface area contributed by atoms with Gasteiger partial charge in [0.2, 0.25) is 5.91 Å². The maximum absolute atomic E-state index is 11.6. The third-order valence-electron chi connectivity index (χ3n) is 3.68. The number of nitrogens with two attached hydrogens (primary N) is 1. The number of amides is 2. The Morgan fingerprint density at radius 2 is 2.00 bits per heavy atom. The largest absolute Gasteiger partial charge is 0.444 e. The van der Waals surface area contributed by atoms with Gasteiger partial charge in [-0.2, -0.15) is 0 Å². The lowest BCUT2D eigenvalue weighted by Crippen LogP contribution is -2.47. The second kappa shape index (κ2) is 12.2. The number of aliphatic imine (C=N–C) groups is 1. The zero-order valence-corrected chi connectivity index (χ0v) is 18.7. The highest BCUT2D eigenvalue weighted by molar-refractivity contribution is 14.0. The number of nitrogens with zero attached hydrogens (tertiary/aromatic N) is 2. The van der Waals surface area contributed by atoms with Crippen molar-refractivity contribution >= 4 is 41.9 Å². The number of hydrogen-bond donors (Lipinski definition) is 3. The summed E-state index contributed by atoms with van der Waals surface area (Å²) in [4.78, 5) is 29.5. The predicted octanol–water partition coefficient (Wildman–Crippen LogP) is 1.68. The number of rotatable bonds is 6. The molecule has 9 heteroatoms. The van der Waals surface area contributed by atoms with E-state index in [9.17, 15) is 9.59 Å². The third-order valence-corrected chi connectivity index (χ3v) is 3.68. The first-order valence-corrected chi connectivity index (χ1v) is 8.99. The quantitative estimate of drug-likeness (QED) is 0.231. The molecule has 0 aliphatic carbocycles. The normalized spacial score (nSPS) is 17.9. The first-order valence-electron chi connectivity index (χ1n) is 8.99. The molecule has 1 aliphatic rings. The molecule has 26 heavy (non-hydrogen) atoms. The highest BCUT2D eigenvalue weighted by atomic mass is 127. The lowest BCUT2D eigenvalue weighted by Gasteiger charge is -2.34. The number of hydrogen-bond acceptors (Lipinski definition) is 4. The van der Waals surface area contributed by atoms with Gasteiger partial charge in [-0.15, -0.1) is 24.0 Å². The van der Waals surface area contributed by atoms with E-state index in [4.69, 9.17) is 10.5 Å². The maximum atomic E-state index is 11.6. The van der Waals surface area contributed by atoms with E-state index in [-0.39, 0.29) is 35.8 Å². The van der Waals surface area contributed by atoms with Gasteiger partial charge in [-0.25, -0.2) is 4.79 Å². The van der Waals surface area contributed by atoms with Crippen LogP contribution in [-0.2, 0) is 9.53 Å². The molecule has 1 saturated heterocycles. The van der Waals surface area contributed by atoms with Crippen LogP contribution in [0.2, 0.25) is 0 Å². The van der Waals surface area contributed by atoms with Gasteiger partial charge in [0.05, 0.1) is 6.54 Å². The number of guanidine groups is 1. The molecule has 2 amide bonds. The Morgan fingerprint density at radius 1 is 1.31 bits per heavy atom. The summed E-state index contributed by atoms with van der Waals surface area (Å²) in [6, 6.07) is 0. The monoisotopic (exact) mass is 483 g/mol. The van der Waals surface area contributed by atoms with Gasteiger partial charge in [0.1, 0.15) is 5.60 Å². The van der Waals surface area contributed by atoms with Crippen LogP contribution in [0.1, 0.15) is 47.0 Å². The van der Waals surface area contributed by atoms with E-state index in [1.807, 2.05) is 27.7 Å². The first kappa shape index (κ1) is 24.7. The molecule has 0 saturated carbocycles. The van der Waals surface area contributed by atoms with Crippen molar-refractivity contribution in [3.05, 3.63) is 0 Å². The summed E-state index contributed by atoms with van der Waals surface area (Å²) in [5, 5.41) is 5.97. The van der Waals surface area contributed by atoms with Crippen LogP contribution in [0.3, 0.4) is 0 Å². The first-order chi connectivity index (χ1) is 11.7. The van der Waals surface area contributed by atoms with Crippen molar-refractivity contribution in [3.63, 3.8) is 0 Å². The molecule has 1 rings (SSSR count). The SMILES string of the molecule is CCNC(=NCCNC(=O)OC(C)(C)C)N1CCCC(CC(N)=O)C1.I. The van der Waals surface area contributed by atoms with Gasteiger partial charge in [0.15, 0.2) is 5.96 Å². The molecule has 152 valence electrons. The van der Waals surface area contributed by atoms with Crippen LogP contribution < -0.4 is 16.4 Å². The summed E-state index contributed by atoms with van der Waals surface area (Å²) >= 11 is 0. The van der Waals surface area contributed by atoms with E-state index in [1.165, 1.54) is 0 Å². The fourth-order valence-electron chi connectivity index (χ4n) is 2.77. The Labute approximate surface area is 173 Å². The highest BCUT2D eigenvalue weighted by Crippen LogP contribution is 2.19. The van der Waals surface area contributed by atoms with Crippen molar-refractivity contribution < 1.29 is 14.3 Å². The lowest BCUT2D eigenvalue weighted by atomic mass is 9.95. The Kier molecular flexibility index (Phi) is 11.6. The molecule has 1 unspecified atom stereocenters. The van der Waals surface area contributed by atoms with Crippen molar-refractivity contribution in [1.29, 1.82) is 0 Å². The molecule has 1 atom stereocenters. The molecule has 0 aromatic carbocycles. The van der Waals surface area contributed by atoms with Crippen LogP contribution in [-0.4, -0.2) is 61.2 Å². The third kappa shape index (κ3) is 10.7. The van der Waals surface area contributed by atoms with Crippen LogP contribution in [0.25, 0.3) is 0 Å². The van der Waals surface area contributed by atoms with Crippen molar-refractivity contribution in [2.45, 2.75) is 52.6 Å². The summed E-state index contributed by atoms with van der Waals surface area (Å²) in [6.07, 6.45) is 2.00. The van der Waals surface area contributed by atoms with Crippen molar-refractivity contribution in [2.24, 2.45) is 16.6 Å². The highest BCUT2D eigenvalue weighted by Gasteiger charge is 2.23. The van der Waals surface area contributed by atoms with E-state index < -0.39 is 11.7 Å². The van der Waals surface area contributed by atoms with Gasteiger partial charge in [-0.3, -0.25) is 9.79 Å². The Bertz CT molecular complexity index is 480. The minimum absolute atomic E-state index is 0. The topological polar surface area (TPSA) is 109 Å². The average Bonchev–Trinajstić information content (AvgIpc) is 2.48. The molecule has 0 radical (unpaired) electrons. The molecule has 1 fully saturated rings. The standard InChI is InChI=1S/C17H33N5O3.HI/c1-5-19-15(20-8-9-21-16(24)25-17(2,3)4)22-10-6-7-13(12-22)11-14(18)23;/h13H,5-12H2,1-4H3,(H2,18,23)(H,19,20)(H,21,24);1H. The molecule has 1 aliphatic heterocycles. The molecule has 0 aromatic rings. The van der Waals surface area contributed by atoms with Gasteiger partial charge in [-0.05, 0) is 46.5 Å². The van der Waals surface area contributed by atoms with Gasteiger partial charge in [0.25, 0.3) is 0 Å². The summed E-state index contributed by atoms with van der Waals surface area (Å²) in [5.41, 5.74) is 4.81. The number of primary amides is 1. The van der Waals surface area contributed by atoms with E-state index in [0.29, 0.717) is 19.5 Å². The van der Waals surface area contributed by atoms with Crippen molar-refractivity contribution in [2.75, 3.05) is 32.7 Å². The zero-order valence-electron chi connectivity index (χ0n) is 16.3. The average molecular weight is 483 g/mol. The molecule has 0 spiro atoms. The molecular weight excluding hydrogens is 449 g/mol. The summed E-state index contributed by atoms with van der Waals surface area (Å²) in [5.74, 6) is 0.827. The smallest absolute Gasteiger partial charge is 0.407 e. The van der Waals surface area contributed by atoms with E-state index in [0.717, 1.165) is 38.4 Å². The van der Waals surface area contributed by atoms with Gasteiger partial charge in [0, 0.05) is 32.6 Å². The van der Waals surface area contributed by atoms with E-state index >= 15 is 0 Å². The molecule has 8 nitrogen and oxygen atoms in total. The van der Waals surface area contributed by atoms with Crippen molar-refractivity contribution in [3.8, 4) is 0 Å². The van der Waals surface area contributed by atoms with E-state index in [2.05, 4.69) is 20.5 Å². The summed E-state index contributed by atoms with van der Waals surface area (Å²) in [7, 11) is 0. The van der Waals surface area contributed by atoms with Crippen LogP contribution in [0.15, 0.2) is 4.99 Å². The Morgan fingerprint density at radius 3 is 2.58 bits per heavy atom. The molecule has 0 bridgehead atoms. The predicted molar refractivity (Wildman–Crippen MR) is 114 cm³/mol. The van der Waals surface area contributed by atoms with Crippen LogP contribution >= 0.6 is 24.0 Å². The second-order valence-corrected chi connectivity index (χ2v) is 7.29. The maximum Gasteiger partial charge on any atom is 0.407 e. The second-order valence-electron chi connectivity index (χ2n) is 7.29. The Hall–Kier alpha value is -1.26. The number of alkyl carbamates (subject to hydrolysis) is 1. The van der Waals surface area contributed by atoms with Crippen molar-refractivity contribution in [1.82, 2.24) is 15.5 Å². The lowest BCUT2D eigenvalue weighted by molar-refractivity contribution is -0.119. The Balaban J connectivity index is 0.00000625. The number of likely N-dealkylation sites (tertiary alicyclic amines) is 1. The van der Waals surface area contributed by atoms with Gasteiger partial charge < -0.3 is 26.0 Å². The number of piperidine rings is 1. The minimum Gasteiger partial charge on any atom is -0.444 e. The number of carbonyl (C=O) groups is 2. The number of halogens is 1. The van der Waals surface area contributed by atoms with Gasteiger partial charge >= 0.3 is 6.09 Å². The van der Waals surface area contributed by atoms with E-state index in [1.54, 1.807) is 0 Å². The zero-order chi connectivity index (χ0) is 18.9. The minimum atomic E-state index is -0.508. The number of nitrogens with one attached hydrogen (secondary N) is 2. The van der Waals surface area contributed by atoms with Gasteiger partial charge in [-0.1, -0.05) is 0 Å².